The van der Waals surface area contributed by atoms with Gasteiger partial charge in [0.25, 0.3) is 0 Å². The van der Waals surface area contributed by atoms with Gasteiger partial charge in [-0.05, 0) is 31.7 Å². The van der Waals surface area contributed by atoms with Crippen molar-refractivity contribution in [3.05, 3.63) is 29.1 Å². The maximum absolute atomic E-state index is 12.9. The van der Waals surface area contributed by atoms with Crippen molar-refractivity contribution in [1.29, 1.82) is 0 Å². The highest BCUT2D eigenvalue weighted by Crippen LogP contribution is 2.56. The number of halogens is 3. The number of nitrogens with zero attached hydrogens (tertiary/aromatic N) is 6. The van der Waals surface area contributed by atoms with Crippen LogP contribution >= 0.6 is 0 Å². The highest BCUT2D eigenvalue weighted by Gasteiger charge is 2.58. The van der Waals surface area contributed by atoms with Gasteiger partial charge in [0.15, 0.2) is 5.82 Å². The van der Waals surface area contributed by atoms with Crippen molar-refractivity contribution in [1.82, 2.24) is 40.1 Å². The molecule has 0 atom stereocenters. The Kier molecular flexibility index (Phi) is 4.10. The van der Waals surface area contributed by atoms with Gasteiger partial charge in [-0.3, -0.25) is 15.1 Å². The third-order valence-corrected chi connectivity index (χ3v) is 8.29. The number of carbonyl (C=O) groups is 1. The van der Waals surface area contributed by atoms with Gasteiger partial charge in [-0.25, -0.2) is 9.78 Å². The predicted molar refractivity (Wildman–Crippen MR) is 113 cm³/mol. The summed E-state index contributed by atoms with van der Waals surface area (Å²) in [6.07, 6.45) is 0.134. The summed E-state index contributed by atoms with van der Waals surface area (Å²) >= 11 is 0. The number of carbonyl (C=O) groups excluding carboxylic acids is 1. The summed E-state index contributed by atoms with van der Waals surface area (Å²) < 4.78 is 38.1. The van der Waals surface area contributed by atoms with E-state index in [0.717, 1.165) is 69.8 Å². The Balaban J connectivity index is 0.844. The minimum Gasteiger partial charge on any atom is -0.323 e. The number of H-pyrrole nitrogens is 2. The van der Waals surface area contributed by atoms with Crippen molar-refractivity contribution in [2.75, 3.05) is 39.3 Å². The van der Waals surface area contributed by atoms with Crippen molar-refractivity contribution in [2.24, 2.45) is 10.8 Å². The number of nitrogens with one attached hydrogen (secondary N) is 2. The van der Waals surface area contributed by atoms with Gasteiger partial charge in [0, 0.05) is 68.5 Å². The summed E-state index contributed by atoms with van der Waals surface area (Å²) in [7, 11) is 0. The fourth-order valence-electron chi connectivity index (χ4n) is 6.46. The molecule has 0 aromatic carbocycles. The van der Waals surface area contributed by atoms with Crippen molar-refractivity contribution in [3.63, 3.8) is 0 Å². The average Bonchev–Trinajstić information content (AvgIpc) is 3.19. The molecular weight excluding hydrogens is 449 g/mol. The molecule has 2 spiro atoms. The van der Waals surface area contributed by atoms with Crippen LogP contribution in [0, 0.1) is 10.8 Å². The summed E-state index contributed by atoms with van der Waals surface area (Å²) in [5.74, 6) is 2.98. The molecule has 2 aromatic rings. The number of aromatic nitrogens is 5. The Morgan fingerprint density at radius 2 is 1.65 bits per heavy atom. The van der Waals surface area contributed by atoms with E-state index < -0.39 is 11.9 Å². The number of amides is 2. The van der Waals surface area contributed by atoms with Crippen LogP contribution < -0.4 is 0 Å². The van der Waals surface area contributed by atoms with E-state index in [0.29, 0.717) is 24.1 Å². The number of rotatable bonds is 4. The monoisotopic (exact) mass is 476 g/mol. The van der Waals surface area contributed by atoms with Crippen molar-refractivity contribution in [2.45, 2.75) is 50.2 Å². The predicted octanol–water partition coefficient (Wildman–Crippen LogP) is 2.54. The first-order chi connectivity index (χ1) is 16.2. The summed E-state index contributed by atoms with van der Waals surface area (Å²) in [6, 6.07) is 1.19. The summed E-state index contributed by atoms with van der Waals surface area (Å²) in [4.78, 5) is 23.5. The zero-order valence-corrected chi connectivity index (χ0v) is 18.7. The highest BCUT2D eigenvalue weighted by atomic mass is 19.4. The molecule has 12 heteroatoms. The fraction of sp³-hybridized carbons (Fsp3) is 0.727. The average molecular weight is 477 g/mol. The standard InChI is InChI=1S/C22H27F3N8O/c23-22(24,25)16-3-15(27-28-16)6-31-7-21(8-31)11-33(12-21)19(34)32-9-20(10-32)4-14(5-20)18-26-17(29-30-18)13-1-2-13/h3,13-14H,1-2,4-12H2,(H,27,28)(H,26,29,30). The van der Waals surface area contributed by atoms with Crippen LogP contribution in [0.3, 0.4) is 0 Å². The SMILES string of the molecule is O=C(N1CC2(CC(c3nc(C4CC4)n[nH]3)C2)C1)N1CC2(CN(Cc3cc(C(F)(F)F)[nH]n3)C2)C1. The highest BCUT2D eigenvalue weighted by molar-refractivity contribution is 5.77. The van der Waals surface area contributed by atoms with Crippen LogP contribution in [0.1, 0.15) is 60.6 Å². The third kappa shape index (κ3) is 3.32. The molecule has 5 aliphatic rings. The lowest BCUT2D eigenvalue weighted by molar-refractivity contribution is -0.141. The van der Waals surface area contributed by atoms with E-state index in [1.807, 2.05) is 9.80 Å². The quantitative estimate of drug-likeness (QED) is 0.707. The first-order valence-electron chi connectivity index (χ1n) is 12.0. The Morgan fingerprint density at radius 3 is 2.26 bits per heavy atom. The smallest absolute Gasteiger partial charge is 0.323 e. The second kappa shape index (κ2) is 6.73. The number of hydrogen-bond acceptors (Lipinski definition) is 5. The number of hydrogen-bond donors (Lipinski definition) is 2. The van der Waals surface area contributed by atoms with Crippen LogP contribution in [0.2, 0.25) is 0 Å². The van der Waals surface area contributed by atoms with Crippen molar-refractivity contribution in [3.8, 4) is 0 Å². The van der Waals surface area contributed by atoms with E-state index >= 15 is 0 Å². The molecule has 2 N–H and O–H groups in total. The summed E-state index contributed by atoms with van der Waals surface area (Å²) in [5, 5.41) is 13.3. The molecule has 182 valence electrons. The van der Waals surface area contributed by atoms with E-state index in [-0.39, 0.29) is 16.9 Å². The lowest BCUT2D eigenvalue weighted by Crippen LogP contribution is -2.75. The zero-order valence-electron chi connectivity index (χ0n) is 18.7. The van der Waals surface area contributed by atoms with E-state index in [4.69, 9.17) is 0 Å². The number of aromatic amines is 2. The van der Waals surface area contributed by atoms with E-state index in [9.17, 15) is 18.0 Å². The minimum atomic E-state index is -4.40. The minimum absolute atomic E-state index is 0.0918. The van der Waals surface area contributed by atoms with Crippen LogP contribution in [0.5, 0.6) is 0 Å². The maximum atomic E-state index is 12.9. The van der Waals surface area contributed by atoms with Crippen molar-refractivity contribution >= 4 is 6.03 Å². The van der Waals surface area contributed by atoms with E-state index in [1.54, 1.807) is 0 Å². The second-order valence-electron chi connectivity index (χ2n) is 11.4. The Labute approximate surface area is 194 Å². The molecule has 7 rings (SSSR count). The molecule has 5 fully saturated rings. The van der Waals surface area contributed by atoms with Crippen LogP contribution in [0.4, 0.5) is 18.0 Å². The molecule has 2 aliphatic carbocycles. The lowest BCUT2D eigenvalue weighted by atomic mass is 9.57. The van der Waals surface area contributed by atoms with Crippen LogP contribution in [-0.2, 0) is 12.7 Å². The summed E-state index contributed by atoms with van der Waals surface area (Å²) in [6.45, 7) is 5.07. The maximum Gasteiger partial charge on any atom is 0.432 e. The van der Waals surface area contributed by atoms with Gasteiger partial charge >= 0.3 is 12.2 Å². The first kappa shape index (κ1) is 20.7. The van der Waals surface area contributed by atoms with E-state index in [2.05, 4.69) is 30.3 Å². The molecule has 0 unspecified atom stereocenters. The van der Waals surface area contributed by atoms with Gasteiger partial charge in [0.05, 0.1) is 5.69 Å². The lowest BCUT2D eigenvalue weighted by Gasteiger charge is -2.63. The van der Waals surface area contributed by atoms with E-state index in [1.165, 1.54) is 12.8 Å². The normalized spacial score (nSPS) is 25.7. The number of urea groups is 1. The Hall–Kier alpha value is -2.63. The molecular formula is C22H27F3N8O. The molecule has 0 bridgehead atoms. The molecule has 3 saturated heterocycles. The molecule has 2 saturated carbocycles. The first-order valence-corrected chi connectivity index (χ1v) is 12.0. The molecule has 2 amide bonds. The Bertz CT molecular complexity index is 1110. The fourth-order valence-corrected chi connectivity index (χ4v) is 6.46. The van der Waals surface area contributed by atoms with Gasteiger partial charge in [0.1, 0.15) is 11.5 Å². The van der Waals surface area contributed by atoms with Gasteiger partial charge in [-0.1, -0.05) is 0 Å². The molecule has 34 heavy (non-hydrogen) atoms. The van der Waals surface area contributed by atoms with Gasteiger partial charge in [-0.2, -0.15) is 23.4 Å². The molecule has 3 aliphatic heterocycles. The van der Waals surface area contributed by atoms with Gasteiger partial charge in [0.2, 0.25) is 0 Å². The van der Waals surface area contributed by atoms with Crippen LogP contribution in [0.15, 0.2) is 6.07 Å². The van der Waals surface area contributed by atoms with Gasteiger partial charge < -0.3 is 9.80 Å². The Morgan fingerprint density at radius 1 is 0.971 bits per heavy atom. The molecule has 0 radical (unpaired) electrons. The number of alkyl halides is 3. The molecule has 9 nitrogen and oxygen atoms in total. The van der Waals surface area contributed by atoms with Crippen molar-refractivity contribution < 1.29 is 18.0 Å². The zero-order chi connectivity index (χ0) is 23.3. The number of likely N-dealkylation sites (tertiary alicyclic amines) is 3. The molecule has 5 heterocycles. The topological polar surface area (TPSA) is 97.0 Å². The summed E-state index contributed by atoms with van der Waals surface area (Å²) in [5.41, 5.74) is -0.0731. The van der Waals surface area contributed by atoms with Gasteiger partial charge in [-0.15, -0.1) is 0 Å². The third-order valence-electron chi connectivity index (χ3n) is 8.29. The largest absolute Gasteiger partial charge is 0.432 e. The molecule has 2 aromatic heterocycles. The van der Waals surface area contributed by atoms with Crippen LogP contribution in [-0.4, -0.2) is 85.4 Å². The van der Waals surface area contributed by atoms with Crippen LogP contribution in [0.25, 0.3) is 0 Å². The second-order valence-corrected chi connectivity index (χ2v) is 11.4.